The Morgan fingerprint density at radius 1 is 1.14 bits per heavy atom. The first kappa shape index (κ1) is 14.5. The summed E-state index contributed by atoms with van der Waals surface area (Å²) in [5.74, 6) is 0.996. The van der Waals surface area contributed by atoms with E-state index in [1.54, 1.807) is 17.7 Å². The molecule has 3 rings (SSSR count). The summed E-state index contributed by atoms with van der Waals surface area (Å²) in [4.78, 5) is 17.6. The molecule has 21 heavy (non-hydrogen) atoms. The van der Waals surface area contributed by atoms with Gasteiger partial charge in [-0.15, -0.1) is 11.3 Å². The SMILES string of the molecule is CCCc1c(Cl)ncnc1N1CCN(c2nccs2)CC1. The van der Waals surface area contributed by atoms with Crippen LogP contribution in [0, 0.1) is 0 Å². The van der Waals surface area contributed by atoms with Crippen molar-refractivity contribution in [3.63, 3.8) is 0 Å². The van der Waals surface area contributed by atoms with Gasteiger partial charge in [0.05, 0.1) is 0 Å². The van der Waals surface area contributed by atoms with Gasteiger partial charge in [0.1, 0.15) is 17.3 Å². The van der Waals surface area contributed by atoms with Gasteiger partial charge in [-0.2, -0.15) is 0 Å². The van der Waals surface area contributed by atoms with E-state index < -0.39 is 0 Å². The summed E-state index contributed by atoms with van der Waals surface area (Å²) in [7, 11) is 0. The van der Waals surface area contributed by atoms with E-state index in [4.69, 9.17) is 11.6 Å². The van der Waals surface area contributed by atoms with Gasteiger partial charge in [-0.3, -0.25) is 0 Å². The van der Waals surface area contributed by atoms with Crippen molar-refractivity contribution in [1.29, 1.82) is 0 Å². The van der Waals surface area contributed by atoms with E-state index in [2.05, 4.69) is 31.7 Å². The molecule has 1 aliphatic heterocycles. The van der Waals surface area contributed by atoms with Gasteiger partial charge in [-0.25, -0.2) is 15.0 Å². The molecular weight excluding hydrogens is 306 g/mol. The molecular formula is C14H18ClN5S. The minimum Gasteiger partial charge on any atom is -0.353 e. The number of thiazole rings is 1. The van der Waals surface area contributed by atoms with E-state index in [-0.39, 0.29) is 0 Å². The predicted molar refractivity (Wildman–Crippen MR) is 87.6 cm³/mol. The molecule has 1 aliphatic rings. The van der Waals surface area contributed by atoms with Crippen LogP contribution in [0.2, 0.25) is 5.15 Å². The van der Waals surface area contributed by atoms with Gasteiger partial charge < -0.3 is 9.80 Å². The van der Waals surface area contributed by atoms with Gasteiger partial charge in [0.2, 0.25) is 0 Å². The van der Waals surface area contributed by atoms with Gasteiger partial charge in [-0.1, -0.05) is 24.9 Å². The number of nitrogens with zero attached hydrogens (tertiary/aromatic N) is 5. The lowest BCUT2D eigenvalue weighted by Crippen LogP contribution is -2.47. The molecule has 0 amide bonds. The fourth-order valence-electron chi connectivity index (χ4n) is 2.60. The van der Waals surface area contributed by atoms with E-state index in [0.29, 0.717) is 5.15 Å². The quantitative estimate of drug-likeness (QED) is 0.810. The smallest absolute Gasteiger partial charge is 0.185 e. The zero-order chi connectivity index (χ0) is 14.7. The third-order valence-electron chi connectivity index (χ3n) is 3.64. The van der Waals surface area contributed by atoms with E-state index >= 15 is 0 Å². The standard InChI is InChI=1S/C14H18ClN5S/c1-2-3-11-12(15)17-10-18-13(11)19-5-7-20(8-6-19)14-16-4-9-21-14/h4,9-10H,2-3,5-8H2,1H3. The molecule has 0 spiro atoms. The third kappa shape index (κ3) is 3.11. The summed E-state index contributed by atoms with van der Waals surface area (Å²) in [6.45, 7) is 5.93. The van der Waals surface area contributed by atoms with E-state index in [1.165, 1.54) is 0 Å². The number of aromatic nitrogens is 3. The maximum absolute atomic E-state index is 6.24. The minimum atomic E-state index is 0.587. The van der Waals surface area contributed by atoms with Crippen LogP contribution in [0.25, 0.3) is 0 Å². The first-order valence-corrected chi connectivity index (χ1v) is 8.44. The number of halogens is 1. The van der Waals surface area contributed by atoms with Crippen LogP contribution in [0.1, 0.15) is 18.9 Å². The second kappa shape index (κ2) is 6.58. The average molecular weight is 324 g/mol. The molecule has 0 unspecified atom stereocenters. The van der Waals surface area contributed by atoms with E-state index in [9.17, 15) is 0 Å². The molecule has 112 valence electrons. The second-order valence-corrected chi connectivity index (χ2v) is 6.24. The van der Waals surface area contributed by atoms with Crippen molar-refractivity contribution in [2.75, 3.05) is 36.0 Å². The second-order valence-electron chi connectivity index (χ2n) is 5.01. The van der Waals surface area contributed by atoms with Crippen LogP contribution in [0.4, 0.5) is 10.9 Å². The van der Waals surface area contributed by atoms with Crippen LogP contribution >= 0.6 is 22.9 Å². The molecule has 0 atom stereocenters. The van der Waals surface area contributed by atoms with Gasteiger partial charge in [0, 0.05) is 43.3 Å². The summed E-state index contributed by atoms with van der Waals surface area (Å²) >= 11 is 7.93. The van der Waals surface area contributed by atoms with Crippen molar-refractivity contribution in [3.8, 4) is 0 Å². The van der Waals surface area contributed by atoms with Crippen molar-refractivity contribution >= 4 is 33.9 Å². The molecule has 5 nitrogen and oxygen atoms in total. The predicted octanol–water partition coefficient (Wildman–Crippen LogP) is 2.87. The molecule has 1 fully saturated rings. The number of rotatable bonds is 4. The Kier molecular flexibility index (Phi) is 4.55. The molecule has 0 N–H and O–H groups in total. The van der Waals surface area contributed by atoms with Crippen molar-refractivity contribution in [3.05, 3.63) is 28.6 Å². The van der Waals surface area contributed by atoms with Crippen molar-refractivity contribution in [2.45, 2.75) is 19.8 Å². The number of hydrogen-bond donors (Lipinski definition) is 0. The molecule has 2 aromatic heterocycles. The van der Waals surface area contributed by atoms with E-state index in [0.717, 1.165) is 55.5 Å². The van der Waals surface area contributed by atoms with Crippen LogP contribution in [0.3, 0.4) is 0 Å². The summed E-state index contributed by atoms with van der Waals surface area (Å²) in [6.07, 6.45) is 5.38. The van der Waals surface area contributed by atoms with Gasteiger partial charge in [0.15, 0.2) is 5.13 Å². The number of hydrogen-bond acceptors (Lipinski definition) is 6. The maximum atomic E-state index is 6.24. The fourth-order valence-corrected chi connectivity index (χ4v) is 3.52. The summed E-state index contributed by atoms with van der Waals surface area (Å²) < 4.78 is 0. The molecule has 0 radical (unpaired) electrons. The lowest BCUT2D eigenvalue weighted by Gasteiger charge is -2.36. The minimum absolute atomic E-state index is 0.587. The highest BCUT2D eigenvalue weighted by Crippen LogP contribution is 2.27. The Hall–Kier alpha value is -1.40. The van der Waals surface area contributed by atoms with E-state index in [1.807, 2.05) is 11.6 Å². The molecule has 0 bridgehead atoms. The van der Waals surface area contributed by atoms with Crippen molar-refractivity contribution < 1.29 is 0 Å². The van der Waals surface area contributed by atoms with Gasteiger partial charge in [0.25, 0.3) is 0 Å². The lowest BCUT2D eigenvalue weighted by molar-refractivity contribution is 0.641. The summed E-state index contributed by atoms with van der Waals surface area (Å²) in [5, 5.41) is 3.71. The fraction of sp³-hybridized carbons (Fsp3) is 0.500. The molecule has 3 heterocycles. The van der Waals surface area contributed by atoms with Crippen LogP contribution in [0.5, 0.6) is 0 Å². The maximum Gasteiger partial charge on any atom is 0.185 e. The molecule has 2 aromatic rings. The molecule has 0 aliphatic carbocycles. The number of piperazine rings is 1. The number of anilines is 2. The lowest BCUT2D eigenvalue weighted by atomic mass is 10.1. The largest absolute Gasteiger partial charge is 0.353 e. The molecule has 0 saturated carbocycles. The monoisotopic (exact) mass is 323 g/mol. The summed E-state index contributed by atoms with van der Waals surface area (Å²) in [6, 6.07) is 0. The highest BCUT2D eigenvalue weighted by molar-refractivity contribution is 7.13. The van der Waals surface area contributed by atoms with Gasteiger partial charge in [-0.05, 0) is 6.42 Å². The Morgan fingerprint density at radius 2 is 1.90 bits per heavy atom. The van der Waals surface area contributed by atoms with Crippen molar-refractivity contribution in [2.24, 2.45) is 0 Å². The van der Waals surface area contributed by atoms with Crippen LogP contribution < -0.4 is 9.80 Å². The molecule has 0 aromatic carbocycles. The Morgan fingerprint density at radius 3 is 2.57 bits per heavy atom. The van der Waals surface area contributed by atoms with Crippen molar-refractivity contribution in [1.82, 2.24) is 15.0 Å². The van der Waals surface area contributed by atoms with Crippen LogP contribution in [0.15, 0.2) is 17.9 Å². The normalized spacial score (nSPS) is 15.5. The zero-order valence-electron chi connectivity index (χ0n) is 12.0. The first-order valence-electron chi connectivity index (χ1n) is 7.18. The molecule has 1 saturated heterocycles. The Labute approximate surface area is 133 Å². The zero-order valence-corrected chi connectivity index (χ0v) is 13.6. The van der Waals surface area contributed by atoms with Crippen LogP contribution in [-0.4, -0.2) is 41.1 Å². The Balaban J connectivity index is 1.73. The topological polar surface area (TPSA) is 45.2 Å². The average Bonchev–Trinajstić information content (AvgIpc) is 3.04. The highest BCUT2D eigenvalue weighted by Gasteiger charge is 2.22. The summed E-state index contributed by atoms with van der Waals surface area (Å²) in [5.41, 5.74) is 1.07. The van der Waals surface area contributed by atoms with Gasteiger partial charge >= 0.3 is 0 Å². The Bertz CT molecular complexity index is 581. The highest BCUT2D eigenvalue weighted by atomic mass is 35.5. The van der Waals surface area contributed by atoms with Crippen LogP contribution in [-0.2, 0) is 6.42 Å². The third-order valence-corrected chi connectivity index (χ3v) is 4.80. The molecule has 7 heteroatoms. The first-order chi connectivity index (χ1) is 10.3.